The molecule has 0 amide bonds. The fraction of sp³-hybridized carbons (Fsp3) is 0.500. The molecule has 0 spiro atoms. The van der Waals surface area contributed by atoms with Gasteiger partial charge in [0.15, 0.2) is 5.75 Å². The van der Waals surface area contributed by atoms with Gasteiger partial charge in [-0.15, -0.1) is 0 Å². The van der Waals surface area contributed by atoms with Gasteiger partial charge >= 0.3 is 0 Å². The lowest BCUT2D eigenvalue weighted by atomic mass is 9.95. The summed E-state index contributed by atoms with van der Waals surface area (Å²) >= 11 is 0. The highest BCUT2D eigenvalue weighted by Gasteiger charge is 2.18. The van der Waals surface area contributed by atoms with E-state index in [4.69, 9.17) is 0 Å². The molecule has 0 radical (unpaired) electrons. The quantitative estimate of drug-likeness (QED) is 0.893. The molecule has 2 aromatic rings. The van der Waals surface area contributed by atoms with Gasteiger partial charge in [-0.25, -0.2) is 4.39 Å². The number of nitrogens with zero attached hydrogens (tertiary/aromatic N) is 1. The molecule has 1 aromatic carbocycles. The summed E-state index contributed by atoms with van der Waals surface area (Å²) < 4.78 is 16.2. The SMILES string of the molecule is CC(C)n1cc(O)c(=O)c2cc(F)c(NC3CCCCC3)cc21. The molecule has 1 aliphatic rings. The van der Waals surface area contributed by atoms with Gasteiger partial charge in [-0.2, -0.15) is 0 Å². The van der Waals surface area contributed by atoms with E-state index < -0.39 is 11.2 Å². The summed E-state index contributed by atoms with van der Waals surface area (Å²) in [4.78, 5) is 12.1. The molecule has 3 rings (SSSR count). The Bertz CT molecular complexity index is 777. The molecule has 1 saturated carbocycles. The van der Waals surface area contributed by atoms with Crippen LogP contribution in [-0.4, -0.2) is 15.7 Å². The van der Waals surface area contributed by atoms with Crippen molar-refractivity contribution in [1.82, 2.24) is 4.57 Å². The summed E-state index contributed by atoms with van der Waals surface area (Å²) in [5.74, 6) is -0.792. The molecule has 1 heterocycles. The summed E-state index contributed by atoms with van der Waals surface area (Å²) in [6, 6.07) is 3.27. The number of benzene rings is 1. The Balaban J connectivity index is 2.10. The number of rotatable bonds is 3. The standard InChI is InChI=1S/C18H23FN2O2/c1-11(2)21-10-17(22)18(23)13-8-14(19)15(9-16(13)21)20-12-6-4-3-5-7-12/h8-12,20,22H,3-7H2,1-2H3. The first-order valence-corrected chi connectivity index (χ1v) is 8.31. The van der Waals surface area contributed by atoms with Gasteiger partial charge in [0.25, 0.3) is 0 Å². The van der Waals surface area contributed by atoms with Crippen LogP contribution >= 0.6 is 0 Å². The molecular formula is C18H23FN2O2. The van der Waals surface area contributed by atoms with E-state index in [1.54, 1.807) is 10.6 Å². The predicted octanol–water partition coefficient (Wildman–Crippen LogP) is 4.17. The zero-order valence-electron chi connectivity index (χ0n) is 13.6. The highest BCUT2D eigenvalue weighted by Crippen LogP contribution is 2.28. The smallest absolute Gasteiger partial charge is 0.231 e. The maximum absolute atomic E-state index is 14.4. The molecule has 0 saturated heterocycles. The average Bonchev–Trinajstić information content (AvgIpc) is 2.53. The van der Waals surface area contributed by atoms with Crippen molar-refractivity contribution in [2.24, 2.45) is 0 Å². The first kappa shape index (κ1) is 15.8. The van der Waals surface area contributed by atoms with Crippen molar-refractivity contribution < 1.29 is 9.50 Å². The zero-order chi connectivity index (χ0) is 16.6. The molecule has 0 aliphatic heterocycles. The van der Waals surface area contributed by atoms with E-state index in [1.165, 1.54) is 18.7 Å². The van der Waals surface area contributed by atoms with E-state index in [2.05, 4.69) is 5.32 Å². The second-order valence-corrected chi connectivity index (χ2v) is 6.67. The van der Waals surface area contributed by atoms with Gasteiger partial charge in [0.2, 0.25) is 5.43 Å². The van der Waals surface area contributed by atoms with Gasteiger partial charge in [-0.05, 0) is 38.8 Å². The third kappa shape index (κ3) is 3.05. The van der Waals surface area contributed by atoms with Crippen LogP contribution < -0.4 is 10.7 Å². The fourth-order valence-electron chi connectivity index (χ4n) is 3.36. The van der Waals surface area contributed by atoms with Crippen LogP contribution in [0.3, 0.4) is 0 Å². The fourth-order valence-corrected chi connectivity index (χ4v) is 3.36. The summed E-state index contributed by atoms with van der Waals surface area (Å²) in [6.07, 6.45) is 7.09. The van der Waals surface area contributed by atoms with Gasteiger partial charge in [0, 0.05) is 12.1 Å². The van der Waals surface area contributed by atoms with Crippen LogP contribution in [0.4, 0.5) is 10.1 Å². The maximum Gasteiger partial charge on any atom is 0.231 e. The minimum Gasteiger partial charge on any atom is -0.503 e. The third-order valence-electron chi connectivity index (χ3n) is 4.62. The largest absolute Gasteiger partial charge is 0.503 e. The minimum absolute atomic E-state index is 0.0528. The molecule has 124 valence electrons. The Labute approximate surface area is 134 Å². The first-order chi connectivity index (χ1) is 11.0. The van der Waals surface area contributed by atoms with Crippen molar-refractivity contribution in [3.05, 3.63) is 34.4 Å². The highest BCUT2D eigenvalue weighted by atomic mass is 19.1. The number of fused-ring (bicyclic) bond motifs is 1. The number of aromatic nitrogens is 1. The normalized spacial score (nSPS) is 16.2. The van der Waals surface area contributed by atoms with Crippen LogP contribution in [0.15, 0.2) is 23.1 Å². The number of halogens is 1. The maximum atomic E-state index is 14.4. The summed E-state index contributed by atoms with van der Waals surface area (Å²) in [5.41, 5.74) is 0.548. The van der Waals surface area contributed by atoms with Crippen LogP contribution in [0, 0.1) is 5.82 Å². The van der Waals surface area contributed by atoms with E-state index >= 15 is 0 Å². The molecule has 1 aliphatic carbocycles. The van der Waals surface area contributed by atoms with Crippen molar-refractivity contribution in [2.75, 3.05) is 5.32 Å². The zero-order valence-corrected chi connectivity index (χ0v) is 13.6. The number of hydrogen-bond acceptors (Lipinski definition) is 3. The second-order valence-electron chi connectivity index (χ2n) is 6.67. The van der Waals surface area contributed by atoms with Gasteiger partial charge in [-0.1, -0.05) is 19.3 Å². The van der Waals surface area contributed by atoms with Crippen molar-refractivity contribution in [3.63, 3.8) is 0 Å². The minimum atomic E-state index is -0.528. The van der Waals surface area contributed by atoms with E-state index in [0.717, 1.165) is 25.7 Å². The van der Waals surface area contributed by atoms with Gasteiger partial charge in [0.1, 0.15) is 5.82 Å². The first-order valence-electron chi connectivity index (χ1n) is 8.31. The lowest BCUT2D eigenvalue weighted by molar-refractivity contribution is 0.458. The number of hydrogen-bond donors (Lipinski definition) is 2. The van der Waals surface area contributed by atoms with Gasteiger partial charge in [0.05, 0.1) is 22.8 Å². The summed E-state index contributed by atoms with van der Waals surface area (Å²) in [5, 5.41) is 13.3. The van der Waals surface area contributed by atoms with E-state index in [9.17, 15) is 14.3 Å². The third-order valence-corrected chi connectivity index (χ3v) is 4.62. The molecule has 5 heteroatoms. The van der Waals surface area contributed by atoms with Crippen LogP contribution in [0.2, 0.25) is 0 Å². The Morgan fingerprint density at radius 3 is 2.61 bits per heavy atom. The molecule has 1 fully saturated rings. The summed E-state index contributed by atoms with van der Waals surface area (Å²) in [7, 11) is 0. The van der Waals surface area contributed by atoms with Gasteiger partial charge in [-0.3, -0.25) is 4.79 Å². The Hall–Kier alpha value is -2.04. The molecule has 0 bridgehead atoms. The van der Waals surface area contributed by atoms with Gasteiger partial charge < -0.3 is 15.0 Å². The Morgan fingerprint density at radius 2 is 1.96 bits per heavy atom. The van der Waals surface area contributed by atoms with Crippen LogP contribution in [-0.2, 0) is 0 Å². The Kier molecular flexibility index (Phi) is 4.28. The second kappa shape index (κ2) is 6.22. The number of pyridine rings is 1. The molecule has 23 heavy (non-hydrogen) atoms. The molecule has 0 unspecified atom stereocenters. The van der Waals surface area contributed by atoms with Crippen molar-refractivity contribution in [3.8, 4) is 5.75 Å². The van der Waals surface area contributed by atoms with Crippen LogP contribution in [0.1, 0.15) is 52.0 Å². The van der Waals surface area contributed by atoms with Crippen LogP contribution in [0.25, 0.3) is 10.9 Å². The topological polar surface area (TPSA) is 54.3 Å². The number of anilines is 1. The predicted molar refractivity (Wildman–Crippen MR) is 90.7 cm³/mol. The highest BCUT2D eigenvalue weighted by molar-refractivity contribution is 5.84. The summed E-state index contributed by atoms with van der Waals surface area (Å²) in [6.45, 7) is 3.92. The van der Waals surface area contributed by atoms with Crippen LogP contribution in [0.5, 0.6) is 5.75 Å². The lowest BCUT2D eigenvalue weighted by Gasteiger charge is -2.24. The number of aromatic hydroxyl groups is 1. The lowest BCUT2D eigenvalue weighted by Crippen LogP contribution is -2.23. The molecule has 2 N–H and O–H groups in total. The van der Waals surface area contributed by atoms with Crippen molar-refractivity contribution >= 4 is 16.6 Å². The molecule has 1 aromatic heterocycles. The van der Waals surface area contributed by atoms with Crippen molar-refractivity contribution in [2.45, 2.75) is 58.0 Å². The average molecular weight is 318 g/mol. The Morgan fingerprint density at radius 1 is 1.26 bits per heavy atom. The van der Waals surface area contributed by atoms with E-state index in [-0.39, 0.29) is 23.2 Å². The molecule has 4 nitrogen and oxygen atoms in total. The molecular weight excluding hydrogens is 295 g/mol. The van der Waals surface area contributed by atoms with E-state index in [1.807, 2.05) is 13.8 Å². The van der Waals surface area contributed by atoms with Crippen molar-refractivity contribution in [1.29, 1.82) is 0 Å². The molecule has 0 atom stereocenters. The number of nitrogens with one attached hydrogen (secondary N) is 1. The monoisotopic (exact) mass is 318 g/mol. The van der Waals surface area contributed by atoms with E-state index in [0.29, 0.717) is 11.2 Å².